The second kappa shape index (κ2) is 8.42. The Morgan fingerprint density at radius 1 is 1.03 bits per heavy atom. The monoisotopic (exact) mass is 409 g/mol. The van der Waals surface area contributed by atoms with Crippen molar-refractivity contribution in [3.05, 3.63) is 76.0 Å². The van der Waals surface area contributed by atoms with Crippen LogP contribution >= 0.6 is 11.6 Å². The first kappa shape index (κ1) is 19.7. The van der Waals surface area contributed by atoms with Gasteiger partial charge in [-0.3, -0.25) is 9.59 Å². The zero-order valence-corrected chi connectivity index (χ0v) is 17.2. The highest BCUT2D eigenvalue weighted by atomic mass is 35.5. The highest BCUT2D eigenvalue weighted by Gasteiger charge is 2.38. The van der Waals surface area contributed by atoms with Crippen molar-refractivity contribution in [1.82, 2.24) is 5.32 Å². The van der Waals surface area contributed by atoms with Crippen LogP contribution in [0, 0.1) is 0 Å². The molecule has 29 heavy (non-hydrogen) atoms. The van der Waals surface area contributed by atoms with Gasteiger partial charge in [-0.15, -0.1) is 0 Å². The first-order valence-electron chi connectivity index (χ1n) is 10.1. The van der Waals surface area contributed by atoms with Gasteiger partial charge in [0.1, 0.15) is 5.75 Å². The van der Waals surface area contributed by atoms with Crippen LogP contribution in [0.25, 0.3) is 0 Å². The third-order valence-corrected chi connectivity index (χ3v) is 5.99. The summed E-state index contributed by atoms with van der Waals surface area (Å²) in [6, 6.07) is 15.4. The minimum Gasteiger partial charge on any atom is -0.494 e. The lowest BCUT2D eigenvalue weighted by molar-refractivity contribution is -0.122. The molecule has 5 heteroatoms. The second-order valence-corrected chi connectivity index (χ2v) is 8.07. The van der Waals surface area contributed by atoms with Crippen molar-refractivity contribution in [3.8, 4) is 5.75 Å². The molecule has 1 amide bonds. The molecule has 1 N–H and O–H groups in total. The first-order valence-corrected chi connectivity index (χ1v) is 10.5. The Balaban J connectivity index is 1.62. The molecular weight excluding hydrogens is 386 g/mol. The Morgan fingerprint density at radius 2 is 1.79 bits per heavy atom. The van der Waals surface area contributed by atoms with E-state index in [1.165, 1.54) is 0 Å². The van der Waals surface area contributed by atoms with E-state index in [0.29, 0.717) is 24.5 Å². The van der Waals surface area contributed by atoms with Gasteiger partial charge >= 0.3 is 0 Å². The van der Waals surface area contributed by atoms with E-state index < -0.39 is 0 Å². The number of amides is 1. The van der Waals surface area contributed by atoms with Crippen LogP contribution in [0.4, 0.5) is 0 Å². The topological polar surface area (TPSA) is 55.4 Å². The van der Waals surface area contributed by atoms with Crippen LogP contribution < -0.4 is 10.1 Å². The van der Waals surface area contributed by atoms with Gasteiger partial charge in [-0.05, 0) is 48.1 Å². The van der Waals surface area contributed by atoms with Gasteiger partial charge in [-0.25, -0.2) is 0 Å². The molecule has 0 radical (unpaired) electrons. The molecule has 1 heterocycles. The third-order valence-electron chi connectivity index (χ3n) is 5.64. The number of ether oxygens (including phenoxy) is 1. The quantitative estimate of drug-likeness (QED) is 0.744. The lowest BCUT2D eigenvalue weighted by Gasteiger charge is -2.34. The van der Waals surface area contributed by atoms with Crippen LogP contribution in [0.15, 0.2) is 59.8 Å². The molecule has 2 aromatic carbocycles. The van der Waals surface area contributed by atoms with Crippen molar-refractivity contribution in [2.75, 3.05) is 6.61 Å². The number of ketones is 1. The average molecular weight is 410 g/mol. The summed E-state index contributed by atoms with van der Waals surface area (Å²) in [6.45, 7) is 2.76. The van der Waals surface area contributed by atoms with E-state index in [-0.39, 0.29) is 29.9 Å². The smallest absolute Gasteiger partial charge is 0.225 e. The van der Waals surface area contributed by atoms with Crippen LogP contribution in [0.3, 0.4) is 0 Å². The molecule has 0 saturated carbocycles. The maximum absolute atomic E-state index is 13.1. The lowest BCUT2D eigenvalue weighted by Crippen LogP contribution is -2.38. The van der Waals surface area contributed by atoms with E-state index in [2.05, 4.69) is 12.2 Å². The molecule has 0 spiro atoms. The maximum Gasteiger partial charge on any atom is 0.225 e. The van der Waals surface area contributed by atoms with E-state index in [4.69, 9.17) is 16.3 Å². The van der Waals surface area contributed by atoms with Crippen LogP contribution in [0.2, 0.25) is 5.02 Å². The number of hydrogen-bond acceptors (Lipinski definition) is 3. The van der Waals surface area contributed by atoms with Crippen molar-refractivity contribution in [2.24, 2.45) is 0 Å². The molecule has 2 unspecified atom stereocenters. The molecule has 0 bridgehead atoms. The number of carbonyl (C=O) groups excluding carboxylic acids is 2. The van der Waals surface area contributed by atoms with Crippen molar-refractivity contribution in [1.29, 1.82) is 0 Å². The molecule has 1 aliphatic heterocycles. The minimum absolute atomic E-state index is 0.0479. The summed E-state index contributed by atoms with van der Waals surface area (Å²) < 4.78 is 5.65. The van der Waals surface area contributed by atoms with Gasteiger partial charge in [0, 0.05) is 35.1 Å². The van der Waals surface area contributed by atoms with Gasteiger partial charge in [0.25, 0.3) is 0 Å². The Hall–Kier alpha value is -2.59. The summed E-state index contributed by atoms with van der Waals surface area (Å²) in [5.74, 6) is 0.637. The molecule has 2 aliphatic rings. The average Bonchev–Trinajstić information content (AvgIpc) is 2.72. The molecule has 2 atom stereocenters. The molecule has 0 aromatic heterocycles. The predicted molar refractivity (Wildman–Crippen MR) is 113 cm³/mol. The molecule has 0 fully saturated rings. The molecule has 150 valence electrons. The zero-order valence-electron chi connectivity index (χ0n) is 16.4. The van der Waals surface area contributed by atoms with E-state index >= 15 is 0 Å². The van der Waals surface area contributed by atoms with Crippen molar-refractivity contribution in [3.63, 3.8) is 0 Å². The lowest BCUT2D eigenvalue weighted by atomic mass is 9.73. The van der Waals surface area contributed by atoms with Gasteiger partial charge < -0.3 is 10.1 Å². The Bertz CT molecular complexity index is 964. The number of allylic oxidation sites excluding steroid dienone is 2. The third kappa shape index (κ3) is 4.08. The fraction of sp³-hybridized carbons (Fsp3) is 0.333. The SMILES string of the molecule is CCCOc1ccc(C2CC(=O)C3=C(C2)NC(=O)CC3c2ccccc2Cl)cc1. The van der Waals surface area contributed by atoms with Crippen molar-refractivity contribution >= 4 is 23.3 Å². The second-order valence-electron chi connectivity index (χ2n) is 7.66. The van der Waals surface area contributed by atoms with Gasteiger partial charge in [-0.1, -0.05) is 48.9 Å². The molecule has 0 saturated heterocycles. The fourth-order valence-corrected chi connectivity index (χ4v) is 4.54. The molecule has 2 aromatic rings. The summed E-state index contributed by atoms with van der Waals surface area (Å²) in [6.07, 6.45) is 2.29. The highest BCUT2D eigenvalue weighted by Crippen LogP contribution is 2.44. The van der Waals surface area contributed by atoms with Crippen molar-refractivity contribution < 1.29 is 14.3 Å². The number of benzene rings is 2. The molecular formula is C24H24ClNO3. The van der Waals surface area contributed by atoms with Gasteiger partial charge in [0.15, 0.2) is 5.78 Å². The number of Topliss-reactive ketones (excluding diaryl/α,β-unsaturated/α-hetero) is 1. The van der Waals surface area contributed by atoms with Crippen LogP contribution in [0.1, 0.15) is 55.6 Å². The zero-order chi connectivity index (χ0) is 20.4. The fourth-order valence-electron chi connectivity index (χ4n) is 4.28. The van der Waals surface area contributed by atoms with Crippen molar-refractivity contribution in [2.45, 2.75) is 44.4 Å². The Labute approximate surface area is 175 Å². The maximum atomic E-state index is 13.1. The summed E-state index contributed by atoms with van der Waals surface area (Å²) >= 11 is 6.38. The minimum atomic E-state index is -0.272. The normalized spacial score (nSPS) is 21.6. The Morgan fingerprint density at radius 3 is 2.52 bits per heavy atom. The number of halogens is 1. The highest BCUT2D eigenvalue weighted by molar-refractivity contribution is 6.31. The molecule has 4 rings (SSSR count). The van der Waals surface area contributed by atoms with E-state index in [0.717, 1.165) is 34.6 Å². The summed E-state index contributed by atoms with van der Waals surface area (Å²) in [5, 5.41) is 3.55. The summed E-state index contributed by atoms with van der Waals surface area (Å²) in [5.41, 5.74) is 3.40. The van der Waals surface area contributed by atoms with Crippen LogP contribution in [0.5, 0.6) is 5.75 Å². The largest absolute Gasteiger partial charge is 0.494 e. The number of hydrogen-bond donors (Lipinski definition) is 1. The first-order chi connectivity index (χ1) is 14.1. The van der Waals surface area contributed by atoms with Gasteiger partial charge in [0.05, 0.1) is 6.61 Å². The van der Waals surface area contributed by atoms with Crippen LogP contribution in [-0.4, -0.2) is 18.3 Å². The number of rotatable bonds is 5. The molecule has 1 aliphatic carbocycles. The van der Waals surface area contributed by atoms with E-state index in [9.17, 15) is 9.59 Å². The van der Waals surface area contributed by atoms with Gasteiger partial charge in [-0.2, -0.15) is 0 Å². The number of carbonyl (C=O) groups is 2. The van der Waals surface area contributed by atoms with E-state index in [1.54, 1.807) is 0 Å². The van der Waals surface area contributed by atoms with Gasteiger partial charge in [0.2, 0.25) is 5.91 Å². The van der Waals surface area contributed by atoms with E-state index in [1.807, 2.05) is 48.5 Å². The summed E-state index contributed by atoms with van der Waals surface area (Å²) in [7, 11) is 0. The van der Waals surface area contributed by atoms with Crippen LogP contribution in [-0.2, 0) is 9.59 Å². The summed E-state index contributed by atoms with van der Waals surface area (Å²) in [4.78, 5) is 25.5. The number of nitrogens with one attached hydrogen (secondary N) is 1. The molecule has 4 nitrogen and oxygen atoms in total. The predicted octanol–water partition coefficient (Wildman–Crippen LogP) is 5.13. The Kier molecular flexibility index (Phi) is 5.72. The standard InChI is InChI=1S/C24H24ClNO3/c1-2-11-29-17-9-7-15(8-10-17)16-12-21-24(22(27)13-16)19(14-23(28)26-21)18-5-3-4-6-20(18)25/h3-10,16,19H,2,11-14H2,1H3,(H,26,28).